The molecule has 8 heteroatoms. The Morgan fingerprint density at radius 3 is 2.49 bits per heavy atom. The summed E-state index contributed by atoms with van der Waals surface area (Å²) in [5.74, 6) is 1.53. The molecule has 1 aliphatic carbocycles. The van der Waals surface area contributed by atoms with E-state index in [1.165, 1.54) is 31.2 Å². The largest absolute Gasteiger partial charge is 0.486 e. The second kappa shape index (κ2) is 13.0. The van der Waals surface area contributed by atoms with E-state index in [1.54, 1.807) is 6.07 Å². The smallest absolute Gasteiger partial charge is 0.321 e. The highest BCUT2D eigenvalue weighted by Crippen LogP contribution is 2.41. The summed E-state index contributed by atoms with van der Waals surface area (Å²) >= 11 is 12.4. The first-order valence-corrected chi connectivity index (χ1v) is 16.3. The Bertz CT molecular complexity index is 1460. The van der Waals surface area contributed by atoms with E-state index < -0.39 is 12.0 Å². The summed E-state index contributed by atoms with van der Waals surface area (Å²) < 4.78 is 13.0. The van der Waals surface area contributed by atoms with Crippen molar-refractivity contribution >= 4 is 34.9 Å². The Balaban J connectivity index is 1.19. The fraction of sp³-hybridized carbons (Fsp3) is 0.457. The molecule has 0 saturated heterocycles. The van der Waals surface area contributed by atoms with Crippen LogP contribution in [0.3, 0.4) is 0 Å². The fourth-order valence-corrected chi connectivity index (χ4v) is 7.22. The van der Waals surface area contributed by atoms with E-state index in [1.807, 2.05) is 24.3 Å². The molecule has 0 bridgehead atoms. The molecule has 3 atom stereocenters. The number of halogens is 2. The molecule has 0 radical (unpaired) electrons. The van der Waals surface area contributed by atoms with E-state index in [0.717, 1.165) is 59.8 Å². The second-order valence-corrected chi connectivity index (χ2v) is 13.1. The summed E-state index contributed by atoms with van der Waals surface area (Å²) in [6.07, 6.45) is 6.85. The number of aliphatic carboxylic acids is 1. The van der Waals surface area contributed by atoms with Gasteiger partial charge in [-0.05, 0) is 90.3 Å². The van der Waals surface area contributed by atoms with Gasteiger partial charge in [0.1, 0.15) is 29.7 Å². The molecule has 6 nitrogen and oxygen atoms in total. The van der Waals surface area contributed by atoms with E-state index in [4.69, 9.17) is 32.7 Å². The van der Waals surface area contributed by atoms with Crippen molar-refractivity contribution in [3.63, 3.8) is 0 Å². The van der Waals surface area contributed by atoms with Crippen molar-refractivity contribution in [2.75, 3.05) is 25.0 Å². The molecule has 0 aromatic heterocycles. The van der Waals surface area contributed by atoms with Crippen LogP contribution in [0.5, 0.6) is 11.5 Å². The molecule has 0 spiro atoms. The van der Waals surface area contributed by atoms with Crippen LogP contribution in [0.15, 0.2) is 54.6 Å². The molecule has 43 heavy (non-hydrogen) atoms. The first-order valence-electron chi connectivity index (χ1n) is 15.5. The van der Waals surface area contributed by atoms with Gasteiger partial charge in [-0.1, -0.05) is 61.2 Å². The van der Waals surface area contributed by atoms with Gasteiger partial charge in [-0.25, -0.2) is 0 Å². The quantitative estimate of drug-likeness (QED) is 0.272. The van der Waals surface area contributed by atoms with Crippen LogP contribution >= 0.6 is 23.2 Å². The van der Waals surface area contributed by atoms with Gasteiger partial charge in [0, 0.05) is 33.1 Å². The molecular formula is C35H40Cl2N2O4. The van der Waals surface area contributed by atoms with Crippen molar-refractivity contribution in [2.45, 2.75) is 76.7 Å². The number of benzene rings is 3. The zero-order valence-corrected chi connectivity index (χ0v) is 26.4. The van der Waals surface area contributed by atoms with Gasteiger partial charge in [0.25, 0.3) is 0 Å². The molecule has 3 aliphatic rings. The first-order chi connectivity index (χ1) is 20.8. The van der Waals surface area contributed by atoms with E-state index in [9.17, 15) is 9.90 Å². The molecule has 6 rings (SSSR count). The monoisotopic (exact) mass is 622 g/mol. The highest BCUT2D eigenvalue weighted by molar-refractivity contribution is 6.42. The summed E-state index contributed by atoms with van der Waals surface area (Å²) in [5.41, 5.74) is 5.42. The lowest BCUT2D eigenvalue weighted by molar-refractivity contribution is -0.144. The van der Waals surface area contributed by atoms with Gasteiger partial charge in [0.05, 0.1) is 15.7 Å². The van der Waals surface area contributed by atoms with Gasteiger partial charge < -0.3 is 19.5 Å². The third-order valence-electron chi connectivity index (χ3n) is 9.38. The van der Waals surface area contributed by atoms with Crippen LogP contribution < -0.4 is 14.4 Å². The zero-order chi connectivity index (χ0) is 30.1. The molecule has 3 aromatic carbocycles. The first kappa shape index (κ1) is 30.1. The maximum Gasteiger partial charge on any atom is 0.321 e. The molecule has 1 N–H and O–H groups in total. The SMILES string of the molecule is CC[C@@H](Oc1ccc([C@H]2CCN(C)c3cc4c(cc3O2)CN(CC2CCCC2)[C@H](C(=O)O)C4)cc1)c1ccc(Cl)c(Cl)c1. The average Bonchev–Trinajstić information content (AvgIpc) is 3.46. The third kappa shape index (κ3) is 6.62. The normalized spacial score (nSPS) is 21.4. The predicted octanol–water partition coefficient (Wildman–Crippen LogP) is 8.49. The van der Waals surface area contributed by atoms with E-state index in [-0.39, 0.29) is 12.2 Å². The number of hydrogen-bond acceptors (Lipinski definition) is 5. The van der Waals surface area contributed by atoms with Crippen molar-refractivity contribution in [3.8, 4) is 11.5 Å². The molecule has 2 aliphatic heterocycles. The lowest BCUT2D eigenvalue weighted by Gasteiger charge is -2.36. The summed E-state index contributed by atoms with van der Waals surface area (Å²) in [4.78, 5) is 16.7. The Kier molecular flexibility index (Phi) is 9.08. The summed E-state index contributed by atoms with van der Waals surface area (Å²) in [5, 5.41) is 11.1. The van der Waals surface area contributed by atoms with Crippen molar-refractivity contribution in [1.29, 1.82) is 0 Å². The van der Waals surface area contributed by atoms with Gasteiger partial charge in [0.2, 0.25) is 0 Å². The van der Waals surface area contributed by atoms with Crippen LogP contribution in [0.1, 0.15) is 79.9 Å². The van der Waals surface area contributed by atoms with Crippen LogP contribution in [0.4, 0.5) is 5.69 Å². The number of carbonyl (C=O) groups is 1. The molecular weight excluding hydrogens is 583 g/mol. The van der Waals surface area contributed by atoms with Crippen molar-refractivity contribution in [1.82, 2.24) is 4.90 Å². The van der Waals surface area contributed by atoms with Gasteiger partial charge in [-0.15, -0.1) is 0 Å². The number of hydrogen-bond donors (Lipinski definition) is 1. The van der Waals surface area contributed by atoms with Crippen LogP contribution in [0.25, 0.3) is 0 Å². The Morgan fingerprint density at radius 2 is 1.79 bits per heavy atom. The van der Waals surface area contributed by atoms with Crippen molar-refractivity contribution in [3.05, 3.63) is 86.9 Å². The number of carboxylic acids is 1. The van der Waals surface area contributed by atoms with E-state index in [2.05, 4.69) is 48.0 Å². The molecule has 0 amide bonds. The van der Waals surface area contributed by atoms with Crippen LogP contribution in [-0.4, -0.2) is 42.2 Å². The summed E-state index contributed by atoms with van der Waals surface area (Å²) in [6, 6.07) is 17.7. The van der Waals surface area contributed by atoms with Crippen LogP contribution in [-0.2, 0) is 17.8 Å². The number of ether oxygens (including phenoxy) is 2. The van der Waals surface area contributed by atoms with Gasteiger partial charge >= 0.3 is 5.97 Å². The number of anilines is 1. The highest BCUT2D eigenvalue weighted by Gasteiger charge is 2.35. The molecule has 0 unspecified atom stereocenters. The zero-order valence-electron chi connectivity index (χ0n) is 24.9. The highest BCUT2D eigenvalue weighted by atomic mass is 35.5. The minimum absolute atomic E-state index is 0.0993. The molecule has 1 saturated carbocycles. The van der Waals surface area contributed by atoms with Crippen LogP contribution in [0, 0.1) is 5.92 Å². The molecule has 3 aromatic rings. The lowest BCUT2D eigenvalue weighted by atomic mass is 9.91. The topological polar surface area (TPSA) is 62.2 Å². The lowest BCUT2D eigenvalue weighted by Crippen LogP contribution is -2.47. The van der Waals surface area contributed by atoms with E-state index in [0.29, 0.717) is 28.9 Å². The Morgan fingerprint density at radius 1 is 1.02 bits per heavy atom. The molecule has 2 heterocycles. The number of nitrogens with zero attached hydrogens (tertiary/aromatic N) is 2. The standard InChI is InChI=1S/C35H40Cl2N2O4/c1-3-32(24-10-13-28(36)29(37)16-24)42-27-11-8-23(9-12-27)33-14-15-38(2)30-17-25-18-31(35(40)41)39(20-22-6-4-5-7-22)21-26(25)19-34(30)43-33/h8-13,16-17,19,22,31-33H,3-7,14-15,18,20-21H2,1-2H3,(H,40,41)/t31-,32+,33+/m0/s1. The summed E-state index contributed by atoms with van der Waals surface area (Å²) in [7, 11) is 2.09. The number of fused-ring (bicyclic) bond motifs is 2. The average molecular weight is 624 g/mol. The van der Waals surface area contributed by atoms with Gasteiger partial charge in [-0.3, -0.25) is 9.69 Å². The third-order valence-corrected chi connectivity index (χ3v) is 10.1. The number of rotatable bonds is 8. The Hall–Kier alpha value is -2.93. The maximum atomic E-state index is 12.3. The van der Waals surface area contributed by atoms with Crippen molar-refractivity contribution < 1.29 is 19.4 Å². The van der Waals surface area contributed by atoms with Crippen LogP contribution in [0.2, 0.25) is 10.0 Å². The predicted molar refractivity (Wildman–Crippen MR) is 172 cm³/mol. The van der Waals surface area contributed by atoms with E-state index >= 15 is 0 Å². The number of carboxylic acid groups (broad SMARTS) is 1. The van der Waals surface area contributed by atoms with Gasteiger partial charge in [-0.2, -0.15) is 0 Å². The maximum absolute atomic E-state index is 12.3. The fourth-order valence-electron chi connectivity index (χ4n) is 6.91. The minimum atomic E-state index is -0.724. The van der Waals surface area contributed by atoms with Gasteiger partial charge in [0.15, 0.2) is 0 Å². The minimum Gasteiger partial charge on any atom is -0.486 e. The summed E-state index contributed by atoms with van der Waals surface area (Å²) in [6.45, 7) is 4.43. The second-order valence-electron chi connectivity index (χ2n) is 12.3. The van der Waals surface area contributed by atoms with Crippen molar-refractivity contribution in [2.24, 2.45) is 5.92 Å². The molecule has 228 valence electrons. The Labute approximate surface area is 264 Å². The molecule has 1 fully saturated rings.